The number of aliphatic hydroxyl groups is 1. The van der Waals surface area contributed by atoms with Crippen molar-refractivity contribution in [2.24, 2.45) is 0 Å². The summed E-state index contributed by atoms with van der Waals surface area (Å²) in [5.41, 5.74) is 1.21. The van der Waals surface area contributed by atoms with E-state index in [0.717, 1.165) is 45.6 Å². The van der Waals surface area contributed by atoms with Gasteiger partial charge in [0, 0.05) is 6.54 Å². The summed E-state index contributed by atoms with van der Waals surface area (Å²) in [5, 5.41) is 8.94. The molecule has 7 nitrogen and oxygen atoms in total. The summed E-state index contributed by atoms with van der Waals surface area (Å²) in [4.78, 5) is 27.4. The molecular formula is C25H44N2O5. The van der Waals surface area contributed by atoms with Crippen molar-refractivity contribution in [2.75, 3.05) is 52.5 Å². The number of hydrogen-bond donors (Lipinski definition) is 1. The lowest BCUT2D eigenvalue weighted by Gasteiger charge is -2.20. The van der Waals surface area contributed by atoms with Gasteiger partial charge in [-0.2, -0.15) is 0 Å². The number of ether oxygens (including phenoxy) is 2. The van der Waals surface area contributed by atoms with Crippen molar-refractivity contribution in [3.63, 3.8) is 0 Å². The smallest absolute Gasteiger partial charge is 0.313 e. The van der Waals surface area contributed by atoms with Crippen LogP contribution in [0.1, 0.15) is 53.0 Å². The summed E-state index contributed by atoms with van der Waals surface area (Å²) in [6.45, 7) is 15.4. The van der Waals surface area contributed by atoms with Crippen LogP contribution in [0.25, 0.3) is 0 Å². The third-order valence-corrected chi connectivity index (χ3v) is 5.11. The highest BCUT2D eigenvalue weighted by Gasteiger charge is 2.11. The summed E-state index contributed by atoms with van der Waals surface area (Å²) in [5.74, 6) is -0.706. The number of carbonyl (C=O) groups is 2. The molecule has 0 radical (unpaired) electrons. The van der Waals surface area contributed by atoms with E-state index in [0.29, 0.717) is 13.2 Å². The number of aliphatic hydroxyl groups excluding tert-OH is 1. The fraction of sp³-hybridized carbons (Fsp3) is 0.680. The molecule has 1 atom stereocenters. The molecule has 0 saturated carbocycles. The van der Waals surface area contributed by atoms with E-state index in [2.05, 4.69) is 18.7 Å². The molecule has 32 heavy (non-hydrogen) atoms. The van der Waals surface area contributed by atoms with Gasteiger partial charge in [-0.25, -0.2) is 0 Å². The first-order chi connectivity index (χ1) is 15.4. The molecule has 0 amide bonds. The fourth-order valence-corrected chi connectivity index (χ4v) is 3.04. The van der Waals surface area contributed by atoms with Crippen LogP contribution in [0.4, 0.5) is 0 Å². The van der Waals surface area contributed by atoms with Crippen LogP contribution in [0.2, 0.25) is 0 Å². The number of Topliss-reactive ketones (excluding diaryl/α,β-unsaturated/α-hetero) is 1. The first-order valence-corrected chi connectivity index (χ1v) is 11.8. The third kappa shape index (κ3) is 15.9. The minimum atomic E-state index is -0.472. The highest BCUT2D eigenvalue weighted by atomic mass is 16.5. The van der Waals surface area contributed by atoms with E-state index in [1.54, 1.807) is 6.92 Å². The normalized spacial score (nSPS) is 11.8. The van der Waals surface area contributed by atoms with Gasteiger partial charge in [0.2, 0.25) is 0 Å². The van der Waals surface area contributed by atoms with Crippen molar-refractivity contribution in [1.29, 1.82) is 0 Å². The van der Waals surface area contributed by atoms with Crippen LogP contribution in [0.15, 0.2) is 30.3 Å². The van der Waals surface area contributed by atoms with Gasteiger partial charge in [0.05, 0.1) is 13.2 Å². The second-order valence-electron chi connectivity index (χ2n) is 7.46. The Balaban J connectivity index is 0.00000102. The topological polar surface area (TPSA) is 79.3 Å². The quantitative estimate of drug-likeness (QED) is 0.179. The minimum absolute atomic E-state index is 0.0274. The van der Waals surface area contributed by atoms with Gasteiger partial charge in [0.25, 0.3) is 0 Å². The van der Waals surface area contributed by atoms with Crippen molar-refractivity contribution in [1.82, 2.24) is 9.80 Å². The Bertz CT molecular complexity index is 587. The molecule has 1 unspecified atom stereocenters. The number of hydrogen-bond acceptors (Lipinski definition) is 7. The number of carbonyl (C=O) groups excluding carboxylic acids is 2. The summed E-state index contributed by atoms with van der Waals surface area (Å²) < 4.78 is 10.4. The van der Waals surface area contributed by atoms with Gasteiger partial charge < -0.3 is 19.5 Å². The highest BCUT2D eigenvalue weighted by Crippen LogP contribution is 2.03. The summed E-state index contributed by atoms with van der Waals surface area (Å²) in [7, 11) is 0. The number of benzene rings is 1. The van der Waals surface area contributed by atoms with Crippen molar-refractivity contribution in [2.45, 2.75) is 60.1 Å². The Morgan fingerprint density at radius 2 is 1.59 bits per heavy atom. The maximum Gasteiger partial charge on any atom is 0.313 e. The van der Waals surface area contributed by atoms with Crippen LogP contribution in [0.5, 0.6) is 0 Å². The zero-order chi connectivity index (χ0) is 24.2. The van der Waals surface area contributed by atoms with Gasteiger partial charge in [-0.05, 0) is 51.5 Å². The SMILES string of the molecule is CCN(CC)C(C)O.CCN(CC)CCOCC(=O)CC(=O)OCCCc1ccccc1. The molecule has 0 saturated heterocycles. The Morgan fingerprint density at radius 3 is 2.09 bits per heavy atom. The highest BCUT2D eigenvalue weighted by molar-refractivity contribution is 5.96. The third-order valence-electron chi connectivity index (χ3n) is 5.11. The molecule has 0 spiro atoms. The van der Waals surface area contributed by atoms with E-state index < -0.39 is 5.97 Å². The summed E-state index contributed by atoms with van der Waals surface area (Å²) in [6, 6.07) is 10.0. The van der Waals surface area contributed by atoms with E-state index in [4.69, 9.17) is 14.6 Å². The molecule has 1 aromatic carbocycles. The van der Waals surface area contributed by atoms with E-state index in [9.17, 15) is 9.59 Å². The van der Waals surface area contributed by atoms with E-state index in [1.165, 1.54) is 5.56 Å². The van der Waals surface area contributed by atoms with E-state index in [-0.39, 0.29) is 25.0 Å². The van der Waals surface area contributed by atoms with Crippen molar-refractivity contribution >= 4 is 11.8 Å². The number of likely N-dealkylation sites (N-methyl/N-ethyl adjacent to an activating group) is 1. The molecule has 184 valence electrons. The Kier molecular flexibility index (Phi) is 18.7. The Labute approximate surface area is 194 Å². The lowest BCUT2D eigenvalue weighted by atomic mass is 10.1. The second kappa shape index (κ2) is 19.9. The predicted octanol–water partition coefficient (Wildman–Crippen LogP) is 3.15. The van der Waals surface area contributed by atoms with Crippen LogP contribution < -0.4 is 0 Å². The van der Waals surface area contributed by atoms with Crippen molar-refractivity contribution in [3.8, 4) is 0 Å². The number of aryl methyl sites for hydroxylation is 1. The molecule has 0 heterocycles. The van der Waals surface area contributed by atoms with Crippen LogP contribution >= 0.6 is 0 Å². The maximum absolute atomic E-state index is 11.7. The van der Waals surface area contributed by atoms with Gasteiger partial charge in [-0.3, -0.25) is 14.5 Å². The molecule has 0 fully saturated rings. The van der Waals surface area contributed by atoms with Crippen LogP contribution in [-0.2, 0) is 25.5 Å². The van der Waals surface area contributed by atoms with Crippen molar-refractivity contribution in [3.05, 3.63) is 35.9 Å². The van der Waals surface area contributed by atoms with Crippen LogP contribution in [0, 0.1) is 0 Å². The molecule has 0 aliphatic rings. The maximum atomic E-state index is 11.7. The van der Waals surface area contributed by atoms with Gasteiger partial charge >= 0.3 is 5.97 Å². The van der Waals surface area contributed by atoms with Crippen LogP contribution in [0.3, 0.4) is 0 Å². The van der Waals surface area contributed by atoms with Crippen LogP contribution in [-0.4, -0.2) is 85.4 Å². The molecule has 1 N–H and O–H groups in total. The molecule has 0 aromatic heterocycles. The summed E-state index contributed by atoms with van der Waals surface area (Å²) in [6.07, 6.45) is 1.11. The zero-order valence-electron chi connectivity index (χ0n) is 20.7. The molecule has 0 bridgehead atoms. The molecule has 0 aliphatic heterocycles. The number of nitrogens with zero attached hydrogens (tertiary/aromatic N) is 2. The lowest BCUT2D eigenvalue weighted by Crippen LogP contribution is -2.32. The average Bonchev–Trinajstić information content (AvgIpc) is 2.78. The fourth-order valence-electron chi connectivity index (χ4n) is 3.04. The first-order valence-electron chi connectivity index (χ1n) is 11.8. The number of ketones is 1. The monoisotopic (exact) mass is 452 g/mol. The van der Waals surface area contributed by atoms with E-state index >= 15 is 0 Å². The Hall–Kier alpha value is -1.80. The average molecular weight is 453 g/mol. The largest absolute Gasteiger partial charge is 0.465 e. The van der Waals surface area contributed by atoms with Gasteiger partial charge in [0.1, 0.15) is 19.3 Å². The van der Waals surface area contributed by atoms with E-state index in [1.807, 2.05) is 49.1 Å². The molecule has 1 aromatic rings. The zero-order valence-corrected chi connectivity index (χ0v) is 20.7. The molecule has 1 rings (SSSR count). The van der Waals surface area contributed by atoms with Crippen molar-refractivity contribution < 1.29 is 24.2 Å². The molecule has 0 aliphatic carbocycles. The molecular weight excluding hydrogens is 408 g/mol. The first kappa shape index (κ1) is 30.2. The standard InChI is InChI=1S/C19H29NO4.C6H15NO/c1-3-20(4-2)12-14-23-16-18(21)15-19(22)24-13-8-11-17-9-6-5-7-10-17;1-4-7(5-2)6(3)8/h5-7,9-10H,3-4,8,11-16H2,1-2H3;6,8H,4-5H2,1-3H3. The summed E-state index contributed by atoms with van der Waals surface area (Å²) >= 11 is 0. The minimum Gasteiger partial charge on any atom is -0.465 e. The number of esters is 1. The van der Waals surface area contributed by atoms with Gasteiger partial charge in [-0.1, -0.05) is 58.0 Å². The Morgan fingerprint density at radius 1 is 0.969 bits per heavy atom. The van der Waals surface area contributed by atoms with Gasteiger partial charge in [-0.15, -0.1) is 0 Å². The molecule has 7 heteroatoms. The predicted molar refractivity (Wildman–Crippen MR) is 129 cm³/mol. The lowest BCUT2D eigenvalue weighted by molar-refractivity contribution is -0.147. The second-order valence-corrected chi connectivity index (χ2v) is 7.46. The number of rotatable bonds is 16. The van der Waals surface area contributed by atoms with Gasteiger partial charge in [0.15, 0.2) is 5.78 Å².